The molecule has 1 aromatic carbocycles. The summed E-state index contributed by atoms with van der Waals surface area (Å²) >= 11 is 1.54. The molecule has 1 amide bonds. The third kappa shape index (κ3) is 3.27. The van der Waals surface area contributed by atoms with Crippen LogP contribution < -0.4 is 0 Å². The van der Waals surface area contributed by atoms with Crippen LogP contribution in [0, 0.1) is 5.92 Å². The van der Waals surface area contributed by atoms with Crippen LogP contribution in [0.4, 0.5) is 0 Å². The number of ether oxygens (including phenoxy) is 1. The second kappa shape index (κ2) is 6.44. The molecule has 1 aromatic heterocycles. The summed E-state index contributed by atoms with van der Waals surface area (Å²) < 4.78 is 6.49. The van der Waals surface area contributed by atoms with Crippen LogP contribution >= 0.6 is 11.3 Å². The van der Waals surface area contributed by atoms with E-state index in [1.54, 1.807) is 4.90 Å². The number of amides is 1. The van der Waals surface area contributed by atoms with Crippen LogP contribution in [0.5, 0.6) is 0 Å². The predicted octanol–water partition coefficient (Wildman–Crippen LogP) is 2.60. The van der Waals surface area contributed by atoms with E-state index in [1.165, 1.54) is 18.3 Å². The Balaban J connectivity index is 1.58. The van der Waals surface area contributed by atoms with Crippen LogP contribution in [0.2, 0.25) is 0 Å². The number of hydrogen-bond donors (Lipinski definition) is 0. The maximum Gasteiger partial charge on any atom is 0.311 e. The molecule has 2 heterocycles. The molecule has 3 rings (SSSR count). The minimum absolute atomic E-state index is 0.0173. The molecule has 6 heteroatoms. The van der Waals surface area contributed by atoms with Gasteiger partial charge in [-0.2, -0.15) is 0 Å². The van der Waals surface area contributed by atoms with Gasteiger partial charge in [0.15, 0.2) is 0 Å². The molecular formula is C16H18N2O3S. The zero-order valence-electron chi connectivity index (χ0n) is 12.4. The van der Waals surface area contributed by atoms with Gasteiger partial charge in [-0.15, -0.1) is 11.3 Å². The Labute approximate surface area is 132 Å². The highest BCUT2D eigenvalue weighted by Crippen LogP contribution is 2.23. The number of para-hydroxylation sites is 1. The maximum atomic E-state index is 12.2. The van der Waals surface area contributed by atoms with Gasteiger partial charge in [0.1, 0.15) is 11.6 Å². The maximum absolute atomic E-state index is 12.2. The number of hydrogen-bond acceptors (Lipinski definition) is 5. The number of likely N-dealkylation sites (tertiary alicyclic amines) is 1. The summed E-state index contributed by atoms with van der Waals surface area (Å²) in [7, 11) is 0. The zero-order valence-corrected chi connectivity index (χ0v) is 13.3. The summed E-state index contributed by atoms with van der Waals surface area (Å²) in [5.41, 5.74) is 0.930. The summed E-state index contributed by atoms with van der Waals surface area (Å²) in [5.74, 6) is -0.430. The normalized spacial score (nSPS) is 18.4. The topological polar surface area (TPSA) is 59.5 Å². The first-order chi connectivity index (χ1) is 10.6. The van der Waals surface area contributed by atoms with Gasteiger partial charge >= 0.3 is 5.97 Å². The van der Waals surface area contributed by atoms with E-state index in [9.17, 15) is 9.59 Å². The molecule has 1 aliphatic rings. The molecule has 0 bridgehead atoms. The Kier molecular flexibility index (Phi) is 4.38. The summed E-state index contributed by atoms with van der Waals surface area (Å²) in [4.78, 5) is 29.7. The Morgan fingerprint density at radius 2 is 2.23 bits per heavy atom. The van der Waals surface area contributed by atoms with Crippen LogP contribution in [0.25, 0.3) is 10.2 Å². The summed E-state index contributed by atoms with van der Waals surface area (Å²) in [6.45, 7) is 2.94. The van der Waals surface area contributed by atoms with Gasteiger partial charge in [-0.05, 0) is 25.0 Å². The highest BCUT2D eigenvalue weighted by Gasteiger charge is 2.28. The minimum atomic E-state index is -0.231. The summed E-state index contributed by atoms with van der Waals surface area (Å²) in [6, 6.07) is 7.86. The molecule has 0 N–H and O–H groups in total. The van der Waals surface area contributed by atoms with Crippen LogP contribution in [-0.2, 0) is 20.9 Å². The van der Waals surface area contributed by atoms with E-state index in [0.717, 1.165) is 34.6 Å². The van der Waals surface area contributed by atoms with Gasteiger partial charge in [-0.25, -0.2) is 4.98 Å². The van der Waals surface area contributed by atoms with Gasteiger partial charge in [0.2, 0.25) is 5.91 Å². The highest BCUT2D eigenvalue weighted by molar-refractivity contribution is 7.18. The number of benzene rings is 1. The van der Waals surface area contributed by atoms with Crippen molar-refractivity contribution >= 4 is 33.4 Å². The lowest BCUT2D eigenvalue weighted by Crippen LogP contribution is -2.41. The molecular weight excluding hydrogens is 300 g/mol. The largest absolute Gasteiger partial charge is 0.458 e. The molecule has 116 valence electrons. The van der Waals surface area contributed by atoms with Crippen LogP contribution in [0.3, 0.4) is 0 Å². The quantitative estimate of drug-likeness (QED) is 0.816. The number of rotatable bonds is 3. The Hall–Kier alpha value is -1.95. The Morgan fingerprint density at radius 3 is 3.00 bits per heavy atom. The summed E-state index contributed by atoms with van der Waals surface area (Å²) in [5, 5.41) is 0.800. The molecule has 0 spiro atoms. The second-order valence-corrected chi connectivity index (χ2v) is 6.60. The van der Waals surface area contributed by atoms with Crippen molar-refractivity contribution in [3.05, 3.63) is 29.3 Å². The summed E-state index contributed by atoms with van der Waals surface area (Å²) in [6.07, 6.45) is 1.63. The SMILES string of the molecule is CC(=O)N1CCCC(C(=O)OCc2nc3ccccc3s2)C1. The number of aromatic nitrogens is 1. The van der Waals surface area contributed by atoms with E-state index < -0.39 is 0 Å². The van der Waals surface area contributed by atoms with Gasteiger partial charge in [0.25, 0.3) is 0 Å². The minimum Gasteiger partial charge on any atom is -0.458 e. The number of carbonyl (C=O) groups excluding carboxylic acids is 2. The fraction of sp³-hybridized carbons (Fsp3) is 0.438. The third-order valence-electron chi connectivity index (χ3n) is 3.88. The lowest BCUT2D eigenvalue weighted by molar-refractivity contribution is -0.152. The first kappa shape index (κ1) is 15.0. The fourth-order valence-corrected chi connectivity index (χ4v) is 3.57. The fourth-order valence-electron chi connectivity index (χ4n) is 2.69. The number of piperidine rings is 1. The van der Waals surface area contributed by atoms with E-state index in [-0.39, 0.29) is 24.4 Å². The van der Waals surface area contributed by atoms with Crippen LogP contribution in [-0.4, -0.2) is 34.8 Å². The zero-order chi connectivity index (χ0) is 15.5. The highest BCUT2D eigenvalue weighted by atomic mass is 32.1. The van der Waals surface area contributed by atoms with Crippen LogP contribution in [0.1, 0.15) is 24.8 Å². The predicted molar refractivity (Wildman–Crippen MR) is 84.4 cm³/mol. The molecule has 0 radical (unpaired) electrons. The van der Waals surface area contributed by atoms with Crippen molar-refractivity contribution in [2.45, 2.75) is 26.4 Å². The molecule has 1 saturated heterocycles. The number of esters is 1. The van der Waals surface area contributed by atoms with Crippen molar-refractivity contribution in [2.75, 3.05) is 13.1 Å². The van der Waals surface area contributed by atoms with E-state index in [2.05, 4.69) is 4.98 Å². The molecule has 1 unspecified atom stereocenters. The standard InChI is InChI=1S/C16H18N2O3S/c1-11(19)18-8-4-5-12(9-18)16(20)21-10-15-17-13-6-2-3-7-14(13)22-15/h2-3,6-7,12H,4-5,8-10H2,1H3. The van der Waals surface area contributed by atoms with Crippen molar-refractivity contribution in [1.29, 1.82) is 0 Å². The van der Waals surface area contributed by atoms with Crippen molar-refractivity contribution in [2.24, 2.45) is 5.92 Å². The van der Waals surface area contributed by atoms with E-state index in [4.69, 9.17) is 4.74 Å². The van der Waals surface area contributed by atoms with Crippen molar-refractivity contribution < 1.29 is 14.3 Å². The van der Waals surface area contributed by atoms with Gasteiger partial charge < -0.3 is 9.64 Å². The Bertz CT molecular complexity index is 665. The van der Waals surface area contributed by atoms with Crippen molar-refractivity contribution in [1.82, 2.24) is 9.88 Å². The van der Waals surface area contributed by atoms with Gasteiger partial charge in [-0.3, -0.25) is 9.59 Å². The number of carbonyl (C=O) groups is 2. The second-order valence-electron chi connectivity index (χ2n) is 5.49. The molecule has 0 saturated carbocycles. The Morgan fingerprint density at radius 1 is 1.41 bits per heavy atom. The molecule has 2 aromatic rings. The molecule has 1 aliphatic heterocycles. The smallest absolute Gasteiger partial charge is 0.311 e. The first-order valence-electron chi connectivity index (χ1n) is 7.40. The molecule has 1 fully saturated rings. The van der Waals surface area contributed by atoms with Crippen LogP contribution in [0.15, 0.2) is 24.3 Å². The molecule has 5 nitrogen and oxygen atoms in total. The average molecular weight is 318 g/mol. The third-order valence-corrected chi connectivity index (χ3v) is 4.89. The van der Waals surface area contributed by atoms with E-state index in [1.807, 2.05) is 24.3 Å². The van der Waals surface area contributed by atoms with Gasteiger partial charge in [0.05, 0.1) is 16.1 Å². The number of fused-ring (bicyclic) bond motifs is 1. The van der Waals surface area contributed by atoms with Gasteiger partial charge in [-0.1, -0.05) is 12.1 Å². The van der Waals surface area contributed by atoms with Gasteiger partial charge in [0, 0.05) is 20.0 Å². The monoisotopic (exact) mass is 318 g/mol. The van der Waals surface area contributed by atoms with Crippen molar-refractivity contribution in [3.63, 3.8) is 0 Å². The van der Waals surface area contributed by atoms with Crippen molar-refractivity contribution in [3.8, 4) is 0 Å². The molecule has 1 atom stereocenters. The first-order valence-corrected chi connectivity index (χ1v) is 8.22. The van der Waals surface area contributed by atoms with E-state index >= 15 is 0 Å². The lowest BCUT2D eigenvalue weighted by atomic mass is 9.98. The average Bonchev–Trinajstić information content (AvgIpc) is 2.95. The number of thiazole rings is 1. The molecule has 0 aliphatic carbocycles. The lowest BCUT2D eigenvalue weighted by Gasteiger charge is -2.30. The molecule has 22 heavy (non-hydrogen) atoms. The number of nitrogens with zero attached hydrogens (tertiary/aromatic N) is 2. The van der Waals surface area contributed by atoms with E-state index in [0.29, 0.717) is 6.54 Å².